The monoisotopic (exact) mass is 316 g/mol. The SMILES string of the molecule is CN(C)S(=O)(=O)c1ccccc1NC1CC(Cl)C1(C)C. The normalized spacial score (nSPS) is 25.3. The van der Waals surface area contributed by atoms with Gasteiger partial charge in [0.05, 0.1) is 5.69 Å². The molecule has 4 nitrogen and oxygen atoms in total. The van der Waals surface area contributed by atoms with E-state index in [0.717, 1.165) is 6.42 Å². The molecule has 1 aliphatic carbocycles. The number of anilines is 1. The average Bonchev–Trinajstić information content (AvgIpc) is 2.38. The molecule has 0 saturated heterocycles. The second-order valence-electron chi connectivity index (χ2n) is 6.01. The molecule has 0 aliphatic heterocycles. The Bertz CT molecular complexity index is 599. The first-order valence-electron chi connectivity index (χ1n) is 6.59. The molecular formula is C14H21ClN2O2S. The summed E-state index contributed by atoms with van der Waals surface area (Å²) in [5.41, 5.74) is 0.596. The standard InChI is InChI=1S/C14H21ClN2O2S/c1-14(2)12(15)9-13(14)16-10-7-5-6-8-11(10)20(18,19)17(3)4/h5-8,12-13,16H,9H2,1-4H3. The minimum Gasteiger partial charge on any atom is -0.381 e. The number of alkyl halides is 1. The lowest BCUT2D eigenvalue weighted by atomic mass is 9.66. The highest BCUT2D eigenvalue weighted by Gasteiger charge is 2.47. The summed E-state index contributed by atoms with van der Waals surface area (Å²) in [5.74, 6) is 0. The number of benzene rings is 1. The zero-order valence-corrected chi connectivity index (χ0v) is 13.8. The summed E-state index contributed by atoms with van der Waals surface area (Å²) in [7, 11) is -0.378. The molecule has 1 fully saturated rings. The minimum atomic E-state index is -3.45. The van der Waals surface area contributed by atoms with Gasteiger partial charge in [-0.1, -0.05) is 26.0 Å². The molecule has 20 heavy (non-hydrogen) atoms. The van der Waals surface area contributed by atoms with E-state index in [1.807, 2.05) is 6.07 Å². The van der Waals surface area contributed by atoms with E-state index in [-0.39, 0.29) is 16.8 Å². The van der Waals surface area contributed by atoms with Crippen molar-refractivity contribution in [3.63, 3.8) is 0 Å². The van der Waals surface area contributed by atoms with Crippen molar-refractivity contribution >= 4 is 27.3 Å². The van der Waals surface area contributed by atoms with Crippen molar-refractivity contribution in [2.45, 2.75) is 36.6 Å². The Balaban J connectivity index is 2.31. The van der Waals surface area contributed by atoms with Crippen molar-refractivity contribution in [3.8, 4) is 0 Å². The van der Waals surface area contributed by atoms with Gasteiger partial charge in [-0.05, 0) is 18.6 Å². The van der Waals surface area contributed by atoms with Crippen LogP contribution in [0.3, 0.4) is 0 Å². The number of rotatable bonds is 4. The van der Waals surface area contributed by atoms with Crippen LogP contribution in [0, 0.1) is 5.41 Å². The second-order valence-corrected chi connectivity index (χ2v) is 8.65. The maximum atomic E-state index is 12.3. The molecule has 2 unspecified atom stereocenters. The van der Waals surface area contributed by atoms with Gasteiger partial charge in [0.2, 0.25) is 10.0 Å². The Morgan fingerprint density at radius 1 is 1.30 bits per heavy atom. The molecule has 1 saturated carbocycles. The number of hydrogen-bond donors (Lipinski definition) is 1. The van der Waals surface area contributed by atoms with E-state index in [0.29, 0.717) is 10.6 Å². The lowest BCUT2D eigenvalue weighted by Gasteiger charge is -2.49. The number of hydrogen-bond acceptors (Lipinski definition) is 3. The van der Waals surface area contributed by atoms with Crippen molar-refractivity contribution in [1.29, 1.82) is 0 Å². The molecule has 1 aliphatic rings. The molecule has 112 valence electrons. The van der Waals surface area contributed by atoms with Crippen LogP contribution in [-0.4, -0.2) is 38.2 Å². The first-order chi connectivity index (χ1) is 9.17. The summed E-state index contributed by atoms with van der Waals surface area (Å²) < 4.78 is 25.9. The van der Waals surface area contributed by atoms with E-state index in [4.69, 9.17) is 11.6 Å². The Morgan fingerprint density at radius 2 is 1.90 bits per heavy atom. The van der Waals surface area contributed by atoms with Crippen molar-refractivity contribution in [3.05, 3.63) is 24.3 Å². The maximum absolute atomic E-state index is 12.3. The van der Waals surface area contributed by atoms with Gasteiger partial charge in [0.25, 0.3) is 0 Å². The van der Waals surface area contributed by atoms with Gasteiger partial charge in [0, 0.05) is 30.9 Å². The molecule has 2 rings (SSSR count). The third-order valence-corrected chi connectivity index (χ3v) is 6.74. The van der Waals surface area contributed by atoms with Crippen LogP contribution in [0.2, 0.25) is 0 Å². The summed E-state index contributed by atoms with van der Waals surface area (Å²) >= 11 is 6.22. The highest BCUT2D eigenvalue weighted by atomic mass is 35.5. The molecule has 0 amide bonds. The molecule has 1 aromatic rings. The predicted molar refractivity (Wildman–Crippen MR) is 82.8 cm³/mol. The lowest BCUT2D eigenvalue weighted by Crippen LogP contribution is -2.54. The van der Waals surface area contributed by atoms with Crippen LogP contribution in [0.4, 0.5) is 5.69 Å². The number of sulfonamides is 1. The van der Waals surface area contributed by atoms with Crippen molar-refractivity contribution in [2.75, 3.05) is 19.4 Å². The number of para-hydroxylation sites is 1. The van der Waals surface area contributed by atoms with E-state index in [1.165, 1.54) is 18.4 Å². The van der Waals surface area contributed by atoms with Crippen LogP contribution in [0.1, 0.15) is 20.3 Å². The van der Waals surface area contributed by atoms with Crippen LogP contribution < -0.4 is 5.32 Å². The van der Waals surface area contributed by atoms with Crippen LogP contribution in [0.25, 0.3) is 0 Å². The van der Waals surface area contributed by atoms with Crippen molar-refractivity contribution in [1.82, 2.24) is 4.31 Å². The summed E-state index contributed by atoms with van der Waals surface area (Å²) in [6, 6.07) is 7.18. The quantitative estimate of drug-likeness (QED) is 0.869. The lowest BCUT2D eigenvalue weighted by molar-refractivity contribution is 0.168. The third kappa shape index (κ3) is 2.54. The molecule has 0 bridgehead atoms. The molecule has 0 spiro atoms. The smallest absolute Gasteiger partial charge is 0.244 e. The third-order valence-electron chi connectivity index (χ3n) is 4.12. The molecule has 0 heterocycles. The summed E-state index contributed by atoms with van der Waals surface area (Å²) in [5, 5.41) is 3.46. The fourth-order valence-electron chi connectivity index (χ4n) is 2.31. The average molecular weight is 317 g/mol. The molecule has 1 aromatic carbocycles. The van der Waals surface area contributed by atoms with Crippen LogP contribution in [0.15, 0.2) is 29.2 Å². The van der Waals surface area contributed by atoms with E-state index >= 15 is 0 Å². The van der Waals surface area contributed by atoms with Gasteiger partial charge in [-0.15, -0.1) is 11.6 Å². The van der Waals surface area contributed by atoms with Gasteiger partial charge < -0.3 is 5.32 Å². The topological polar surface area (TPSA) is 49.4 Å². The fraction of sp³-hybridized carbons (Fsp3) is 0.571. The highest BCUT2D eigenvalue weighted by Crippen LogP contribution is 2.46. The molecule has 0 aromatic heterocycles. The van der Waals surface area contributed by atoms with E-state index in [2.05, 4.69) is 19.2 Å². The van der Waals surface area contributed by atoms with E-state index in [9.17, 15) is 8.42 Å². The fourth-order valence-corrected chi connectivity index (χ4v) is 3.69. The first kappa shape index (κ1) is 15.6. The molecule has 0 radical (unpaired) electrons. The molecule has 6 heteroatoms. The molecular weight excluding hydrogens is 296 g/mol. The summed E-state index contributed by atoms with van der Waals surface area (Å²) in [4.78, 5) is 0.304. The van der Waals surface area contributed by atoms with Gasteiger partial charge in [0.15, 0.2) is 0 Å². The van der Waals surface area contributed by atoms with Crippen LogP contribution >= 0.6 is 11.6 Å². The summed E-state index contributed by atoms with van der Waals surface area (Å²) in [6.07, 6.45) is 0.838. The number of halogens is 1. The molecule has 1 N–H and O–H groups in total. The Morgan fingerprint density at radius 3 is 2.40 bits per heavy atom. The highest BCUT2D eigenvalue weighted by molar-refractivity contribution is 7.89. The predicted octanol–water partition coefficient (Wildman–Crippen LogP) is 2.75. The number of nitrogens with one attached hydrogen (secondary N) is 1. The van der Waals surface area contributed by atoms with Gasteiger partial charge in [-0.2, -0.15) is 0 Å². The Kier molecular flexibility index (Phi) is 4.06. The minimum absolute atomic E-state index is 0.0451. The van der Waals surface area contributed by atoms with E-state index < -0.39 is 10.0 Å². The maximum Gasteiger partial charge on any atom is 0.244 e. The van der Waals surface area contributed by atoms with Gasteiger partial charge in [-0.3, -0.25) is 0 Å². The van der Waals surface area contributed by atoms with Crippen molar-refractivity contribution in [2.24, 2.45) is 5.41 Å². The van der Waals surface area contributed by atoms with Gasteiger partial charge in [0.1, 0.15) is 4.90 Å². The number of nitrogens with zero attached hydrogens (tertiary/aromatic N) is 1. The van der Waals surface area contributed by atoms with Crippen LogP contribution in [0.5, 0.6) is 0 Å². The Hall–Kier alpha value is -0.780. The van der Waals surface area contributed by atoms with Crippen LogP contribution in [-0.2, 0) is 10.0 Å². The zero-order valence-electron chi connectivity index (χ0n) is 12.2. The first-order valence-corrected chi connectivity index (χ1v) is 8.47. The largest absolute Gasteiger partial charge is 0.381 e. The van der Waals surface area contributed by atoms with E-state index in [1.54, 1.807) is 18.2 Å². The van der Waals surface area contributed by atoms with Gasteiger partial charge >= 0.3 is 0 Å². The zero-order chi connectivity index (χ0) is 15.1. The molecule has 2 atom stereocenters. The summed E-state index contributed by atoms with van der Waals surface area (Å²) in [6.45, 7) is 4.18. The van der Waals surface area contributed by atoms with Gasteiger partial charge in [-0.25, -0.2) is 12.7 Å². The second kappa shape index (κ2) is 5.20. The van der Waals surface area contributed by atoms with Crippen molar-refractivity contribution < 1.29 is 8.42 Å². The Labute approximate surface area is 126 Å².